The smallest absolute Gasteiger partial charge is 0.292 e. The molecule has 110 valence electrons. The largest absolute Gasteiger partial charge is 0.503 e. The van der Waals surface area contributed by atoms with Gasteiger partial charge in [-0.1, -0.05) is 0 Å². The molecule has 2 rings (SSSR count). The van der Waals surface area contributed by atoms with Crippen LogP contribution in [0.25, 0.3) is 0 Å². The van der Waals surface area contributed by atoms with Gasteiger partial charge in [0.05, 0.1) is 4.92 Å². The minimum Gasteiger partial charge on any atom is -0.503 e. The van der Waals surface area contributed by atoms with Gasteiger partial charge in [-0.05, 0) is 23.8 Å². The summed E-state index contributed by atoms with van der Waals surface area (Å²) in [6.07, 6.45) is 0. The van der Waals surface area contributed by atoms with E-state index in [9.17, 15) is 23.3 Å². The third kappa shape index (κ3) is 3.22. The van der Waals surface area contributed by atoms with Gasteiger partial charge < -0.3 is 10.4 Å². The van der Waals surface area contributed by atoms with E-state index >= 15 is 0 Å². The molecule has 0 aliphatic carbocycles. The first-order valence-corrected chi connectivity index (χ1v) is 5.73. The van der Waals surface area contributed by atoms with Crippen LogP contribution in [0.1, 0.15) is 5.56 Å². The van der Waals surface area contributed by atoms with Crippen LogP contribution < -0.4 is 5.32 Å². The highest BCUT2D eigenvalue weighted by Crippen LogP contribution is 2.26. The number of phenols is 1. The Morgan fingerprint density at radius 2 is 1.76 bits per heavy atom. The van der Waals surface area contributed by atoms with Gasteiger partial charge in [-0.2, -0.15) is 0 Å². The lowest BCUT2D eigenvalue weighted by molar-refractivity contribution is -0.384. The third-order valence-corrected chi connectivity index (χ3v) is 2.71. The van der Waals surface area contributed by atoms with Crippen molar-refractivity contribution in [3.05, 3.63) is 63.5 Å². The van der Waals surface area contributed by atoms with Crippen molar-refractivity contribution < 1.29 is 23.2 Å². The Balaban J connectivity index is 2.24. The van der Waals surface area contributed by atoms with E-state index in [1.807, 2.05) is 0 Å². The lowest BCUT2D eigenvalue weighted by Gasteiger charge is -2.08. The summed E-state index contributed by atoms with van der Waals surface area (Å²) in [6, 6.07) is 4.57. The van der Waals surface area contributed by atoms with Crippen LogP contribution in [0.5, 0.6) is 5.75 Å². The van der Waals surface area contributed by atoms with Crippen LogP contribution in [0.4, 0.5) is 24.5 Å². The first-order valence-electron chi connectivity index (χ1n) is 5.73. The van der Waals surface area contributed by atoms with Crippen molar-refractivity contribution in [3.63, 3.8) is 0 Å². The van der Waals surface area contributed by atoms with Crippen molar-refractivity contribution >= 4 is 11.4 Å². The summed E-state index contributed by atoms with van der Waals surface area (Å²) in [6.45, 7) is -0.182. The van der Waals surface area contributed by atoms with E-state index in [-0.39, 0.29) is 23.5 Å². The van der Waals surface area contributed by atoms with Crippen molar-refractivity contribution in [3.8, 4) is 5.75 Å². The van der Waals surface area contributed by atoms with Crippen molar-refractivity contribution in [2.75, 3.05) is 5.32 Å². The van der Waals surface area contributed by atoms with Crippen LogP contribution >= 0.6 is 0 Å². The van der Waals surface area contributed by atoms with Crippen LogP contribution in [-0.2, 0) is 6.54 Å². The van der Waals surface area contributed by atoms with Crippen LogP contribution in [0.15, 0.2) is 30.3 Å². The highest BCUT2D eigenvalue weighted by molar-refractivity contribution is 5.61. The fraction of sp³-hybridized carbons (Fsp3) is 0.0769. The molecule has 0 aromatic heterocycles. The van der Waals surface area contributed by atoms with Crippen molar-refractivity contribution in [2.45, 2.75) is 6.54 Å². The second kappa shape index (κ2) is 5.70. The summed E-state index contributed by atoms with van der Waals surface area (Å²) in [5.41, 5.74) is -0.383. The molecule has 0 atom stereocenters. The maximum atomic E-state index is 13.2. The number of phenolic OH excluding ortho intramolecular Hbond substituents is 1. The van der Waals surface area contributed by atoms with E-state index in [1.54, 1.807) is 0 Å². The SMILES string of the molecule is O=[N+]([O-])c1ccc(F)cc1NCc1cc(F)c(O)c(F)c1. The molecular weight excluding hydrogens is 289 g/mol. The molecule has 0 spiro atoms. The number of nitro benzene ring substituents is 1. The van der Waals surface area contributed by atoms with Crippen molar-refractivity contribution in [1.29, 1.82) is 0 Å². The molecule has 0 saturated carbocycles. The molecule has 0 radical (unpaired) electrons. The Hall–Kier alpha value is -2.77. The average molecular weight is 298 g/mol. The van der Waals surface area contributed by atoms with Gasteiger partial charge in [0.1, 0.15) is 11.5 Å². The quantitative estimate of drug-likeness (QED) is 0.670. The lowest BCUT2D eigenvalue weighted by atomic mass is 10.2. The molecule has 0 bridgehead atoms. The van der Waals surface area contributed by atoms with Crippen LogP contribution in [0, 0.1) is 27.6 Å². The molecule has 0 aliphatic heterocycles. The zero-order chi connectivity index (χ0) is 15.6. The zero-order valence-electron chi connectivity index (χ0n) is 10.4. The standard InChI is InChI=1S/C13H9F3N2O3/c14-8-1-2-12(18(20)21)11(5-8)17-6-7-3-9(15)13(19)10(16)4-7/h1-5,17,19H,6H2. The predicted molar refractivity (Wildman–Crippen MR) is 68.4 cm³/mol. The van der Waals surface area contributed by atoms with Gasteiger partial charge in [0.25, 0.3) is 5.69 Å². The average Bonchev–Trinajstić information content (AvgIpc) is 2.42. The summed E-state index contributed by atoms with van der Waals surface area (Å²) in [5.74, 6) is -4.09. The molecular formula is C13H9F3N2O3. The fourth-order valence-electron chi connectivity index (χ4n) is 1.73. The first kappa shape index (κ1) is 14.6. The molecule has 21 heavy (non-hydrogen) atoms. The fourth-order valence-corrected chi connectivity index (χ4v) is 1.73. The van der Waals surface area contributed by atoms with Gasteiger partial charge in [-0.3, -0.25) is 10.1 Å². The van der Waals surface area contributed by atoms with E-state index in [2.05, 4.69) is 5.32 Å². The van der Waals surface area contributed by atoms with Crippen LogP contribution in [0.3, 0.4) is 0 Å². The number of halogens is 3. The van der Waals surface area contributed by atoms with E-state index in [1.165, 1.54) is 0 Å². The molecule has 0 heterocycles. The minimum absolute atomic E-state index is 0.0985. The van der Waals surface area contributed by atoms with Crippen LogP contribution in [0.2, 0.25) is 0 Å². The predicted octanol–water partition coefficient (Wildman–Crippen LogP) is 3.33. The van der Waals surface area contributed by atoms with Crippen molar-refractivity contribution in [1.82, 2.24) is 0 Å². The maximum Gasteiger partial charge on any atom is 0.292 e. The summed E-state index contributed by atoms with van der Waals surface area (Å²) in [5, 5.41) is 22.3. The van der Waals surface area contributed by atoms with Crippen molar-refractivity contribution in [2.24, 2.45) is 0 Å². The zero-order valence-corrected chi connectivity index (χ0v) is 10.4. The molecule has 0 aliphatic rings. The molecule has 0 saturated heterocycles. The number of benzene rings is 2. The van der Waals surface area contributed by atoms with Gasteiger partial charge in [0.2, 0.25) is 0 Å². The number of nitrogens with zero attached hydrogens (tertiary/aromatic N) is 1. The molecule has 0 amide bonds. The monoisotopic (exact) mass is 298 g/mol. The second-order valence-corrected chi connectivity index (χ2v) is 4.18. The van der Waals surface area contributed by atoms with Gasteiger partial charge in [-0.25, -0.2) is 13.2 Å². The normalized spacial score (nSPS) is 10.4. The number of nitro groups is 1. The summed E-state index contributed by atoms with van der Waals surface area (Å²) >= 11 is 0. The molecule has 2 aromatic rings. The molecule has 5 nitrogen and oxygen atoms in total. The Morgan fingerprint density at radius 3 is 2.33 bits per heavy atom. The minimum atomic E-state index is -1.15. The number of anilines is 1. The van der Waals surface area contributed by atoms with Gasteiger partial charge >= 0.3 is 0 Å². The molecule has 0 fully saturated rings. The Morgan fingerprint density at radius 1 is 1.14 bits per heavy atom. The van der Waals surface area contributed by atoms with E-state index < -0.39 is 28.1 Å². The van der Waals surface area contributed by atoms with E-state index in [0.29, 0.717) is 0 Å². The maximum absolute atomic E-state index is 13.2. The molecule has 8 heteroatoms. The van der Waals surface area contributed by atoms with Gasteiger partial charge in [0, 0.05) is 18.7 Å². The Labute approximate surface area is 116 Å². The number of hydrogen-bond donors (Lipinski definition) is 2. The Kier molecular flexibility index (Phi) is 3.97. The third-order valence-electron chi connectivity index (χ3n) is 2.71. The second-order valence-electron chi connectivity index (χ2n) is 4.18. The number of rotatable bonds is 4. The summed E-state index contributed by atoms with van der Waals surface area (Å²) in [7, 11) is 0. The van der Waals surface area contributed by atoms with E-state index in [0.717, 1.165) is 30.3 Å². The molecule has 2 N–H and O–H groups in total. The Bertz CT molecular complexity index is 684. The lowest BCUT2D eigenvalue weighted by Crippen LogP contribution is -2.04. The topological polar surface area (TPSA) is 75.4 Å². The summed E-state index contributed by atoms with van der Waals surface area (Å²) < 4.78 is 39.4. The summed E-state index contributed by atoms with van der Waals surface area (Å²) in [4.78, 5) is 10.1. The first-order chi connectivity index (χ1) is 9.88. The highest BCUT2D eigenvalue weighted by Gasteiger charge is 2.15. The van der Waals surface area contributed by atoms with Gasteiger partial charge in [0.15, 0.2) is 17.4 Å². The molecule has 0 unspecified atom stereocenters. The number of hydrogen-bond acceptors (Lipinski definition) is 4. The van der Waals surface area contributed by atoms with Gasteiger partial charge in [-0.15, -0.1) is 0 Å². The molecule has 2 aromatic carbocycles. The van der Waals surface area contributed by atoms with Crippen LogP contribution in [-0.4, -0.2) is 10.0 Å². The number of aromatic hydroxyl groups is 1. The highest BCUT2D eigenvalue weighted by atomic mass is 19.1. The number of nitrogens with one attached hydrogen (secondary N) is 1. The van der Waals surface area contributed by atoms with E-state index in [4.69, 9.17) is 5.11 Å².